The van der Waals surface area contributed by atoms with Gasteiger partial charge in [-0.05, 0) is 43.3 Å². The molecular weight excluding hydrogens is 278 g/mol. The average molecular weight is 300 g/mol. The second-order valence-electron chi connectivity index (χ2n) is 4.18. The van der Waals surface area contributed by atoms with Crippen LogP contribution < -0.4 is 4.74 Å². The lowest BCUT2D eigenvalue weighted by atomic mass is 10.2. The molecule has 0 spiro atoms. The van der Waals surface area contributed by atoms with Gasteiger partial charge in [0.2, 0.25) is 0 Å². The van der Waals surface area contributed by atoms with E-state index in [1.165, 1.54) is 18.4 Å². The lowest BCUT2D eigenvalue weighted by Gasteiger charge is -2.21. The Bertz CT molecular complexity index is 341. The van der Waals surface area contributed by atoms with Gasteiger partial charge >= 0.3 is 0 Å². The van der Waals surface area contributed by atoms with Crippen molar-refractivity contribution in [3.05, 3.63) is 28.2 Å². The molecule has 96 valence electrons. The van der Waals surface area contributed by atoms with Crippen LogP contribution in [0.3, 0.4) is 0 Å². The number of hydrogen-bond acceptors (Lipinski definition) is 2. The van der Waals surface area contributed by atoms with E-state index in [1.54, 1.807) is 7.11 Å². The molecule has 0 saturated heterocycles. The van der Waals surface area contributed by atoms with E-state index < -0.39 is 0 Å². The minimum absolute atomic E-state index is 0.926. The van der Waals surface area contributed by atoms with E-state index in [-0.39, 0.29) is 0 Å². The second kappa shape index (κ2) is 7.72. The molecule has 0 amide bonds. The van der Waals surface area contributed by atoms with E-state index in [1.807, 2.05) is 6.07 Å². The summed E-state index contributed by atoms with van der Waals surface area (Å²) in [6, 6.07) is 6.15. The predicted molar refractivity (Wildman–Crippen MR) is 76.6 cm³/mol. The number of hydrogen-bond donors (Lipinski definition) is 0. The highest BCUT2D eigenvalue weighted by Gasteiger charge is 2.07. The number of halogens is 1. The van der Waals surface area contributed by atoms with Crippen molar-refractivity contribution in [2.45, 2.75) is 33.2 Å². The van der Waals surface area contributed by atoms with Gasteiger partial charge in [-0.1, -0.05) is 36.2 Å². The van der Waals surface area contributed by atoms with Crippen molar-refractivity contribution in [1.82, 2.24) is 4.90 Å². The summed E-state index contributed by atoms with van der Waals surface area (Å²) in [5, 5.41) is 0. The topological polar surface area (TPSA) is 12.5 Å². The van der Waals surface area contributed by atoms with Crippen LogP contribution in [-0.4, -0.2) is 25.1 Å². The summed E-state index contributed by atoms with van der Waals surface area (Å²) in [5.41, 5.74) is 1.29. The summed E-state index contributed by atoms with van der Waals surface area (Å²) >= 11 is 3.60. The molecule has 0 N–H and O–H groups in total. The van der Waals surface area contributed by atoms with Crippen molar-refractivity contribution < 1.29 is 4.74 Å². The van der Waals surface area contributed by atoms with Crippen LogP contribution in [0.2, 0.25) is 0 Å². The Balaban J connectivity index is 2.70. The number of benzene rings is 1. The molecule has 0 aromatic heterocycles. The molecule has 0 heterocycles. The lowest BCUT2D eigenvalue weighted by molar-refractivity contribution is 0.274. The number of methoxy groups -OCH3 is 1. The van der Waals surface area contributed by atoms with E-state index in [2.05, 4.69) is 46.8 Å². The first-order valence-electron chi connectivity index (χ1n) is 6.26. The molecule has 0 fully saturated rings. The van der Waals surface area contributed by atoms with E-state index >= 15 is 0 Å². The first-order valence-corrected chi connectivity index (χ1v) is 7.05. The third-order valence-electron chi connectivity index (χ3n) is 2.92. The van der Waals surface area contributed by atoms with Gasteiger partial charge in [0.25, 0.3) is 0 Å². The van der Waals surface area contributed by atoms with Crippen LogP contribution in [-0.2, 0) is 6.54 Å². The standard InChI is InChI=1S/C14H22BrNO/c1-4-6-9-16(5-2)11-12-10-13(17-3)7-8-14(12)15/h7-8,10H,4-6,9,11H2,1-3H3. The summed E-state index contributed by atoms with van der Waals surface area (Å²) < 4.78 is 6.43. The maximum Gasteiger partial charge on any atom is 0.119 e. The fourth-order valence-electron chi connectivity index (χ4n) is 1.77. The van der Waals surface area contributed by atoms with Crippen LogP contribution in [0.1, 0.15) is 32.3 Å². The summed E-state index contributed by atoms with van der Waals surface area (Å²) in [7, 11) is 1.71. The van der Waals surface area contributed by atoms with E-state index in [0.717, 1.165) is 29.9 Å². The third-order valence-corrected chi connectivity index (χ3v) is 3.70. The lowest BCUT2D eigenvalue weighted by Crippen LogP contribution is -2.24. The van der Waals surface area contributed by atoms with Gasteiger partial charge in [0.05, 0.1) is 7.11 Å². The molecule has 0 saturated carbocycles. The summed E-state index contributed by atoms with van der Waals surface area (Å²) in [6.45, 7) is 7.67. The predicted octanol–water partition coefficient (Wildman–Crippen LogP) is 4.08. The van der Waals surface area contributed by atoms with Crippen molar-refractivity contribution in [3.63, 3.8) is 0 Å². The van der Waals surface area contributed by atoms with Crippen molar-refractivity contribution in [2.24, 2.45) is 0 Å². The van der Waals surface area contributed by atoms with Gasteiger partial charge in [0.15, 0.2) is 0 Å². The SMILES string of the molecule is CCCCN(CC)Cc1cc(OC)ccc1Br. The number of rotatable bonds is 7. The Morgan fingerprint density at radius 1 is 1.29 bits per heavy atom. The minimum atomic E-state index is 0.926. The number of unbranched alkanes of at least 4 members (excludes halogenated alkanes) is 1. The zero-order valence-electron chi connectivity index (χ0n) is 11.0. The summed E-state index contributed by atoms with van der Waals surface area (Å²) in [6.07, 6.45) is 2.51. The van der Waals surface area contributed by atoms with Crippen LogP contribution in [0.25, 0.3) is 0 Å². The molecule has 17 heavy (non-hydrogen) atoms. The third kappa shape index (κ3) is 4.68. The Hall–Kier alpha value is -0.540. The van der Waals surface area contributed by atoms with Crippen molar-refractivity contribution in [3.8, 4) is 5.75 Å². The van der Waals surface area contributed by atoms with Crippen molar-refractivity contribution >= 4 is 15.9 Å². The zero-order chi connectivity index (χ0) is 12.7. The molecule has 0 aliphatic heterocycles. The number of nitrogens with zero attached hydrogens (tertiary/aromatic N) is 1. The molecule has 0 unspecified atom stereocenters. The first kappa shape index (κ1) is 14.5. The highest BCUT2D eigenvalue weighted by Crippen LogP contribution is 2.23. The van der Waals surface area contributed by atoms with Crippen LogP contribution >= 0.6 is 15.9 Å². The molecule has 2 nitrogen and oxygen atoms in total. The van der Waals surface area contributed by atoms with E-state index in [4.69, 9.17) is 4.74 Å². The van der Waals surface area contributed by atoms with Crippen LogP contribution in [0.4, 0.5) is 0 Å². The maximum absolute atomic E-state index is 5.27. The highest BCUT2D eigenvalue weighted by molar-refractivity contribution is 9.10. The minimum Gasteiger partial charge on any atom is -0.497 e. The second-order valence-corrected chi connectivity index (χ2v) is 5.03. The van der Waals surface area contributed by atoms with Gasteiger partial charge in [0.1, 0.15) is 5.75 Å². The van der Waals surface area contributed by atoms with Gasteiger partial charge in [-0.2, -0.15) is 0 Å². The molecule has 1 aromatic carbocycles. The van der Waals surface area contributed by atoms with Crippen LogP contribution in [0.15, 0.2) is 22.7 Å². The fraction of sp³-hybridized carbons (Fsp3) is 0.571. The molecule has 0 radical (unpaired) electrons. The van der Waals surface area contributed by atoms with Crippen LogP contribution in [0, 0.1) is 0 Å². The van der Waals surface area contributed by atoms with Gasteiger partial charge in [-0.15, -0.1) is 0 Å². The Morgan fingerprint density at radius 2 is 2.06 bits per heavy atom. The largest absolute Gasteiger partial charge is 0.497 e. The Kier molecular flexibility index (Phi) is 6.60. The molecular formula is C14H22BrNO. The van der Waals surface area contributed by atoms with Crippen molar-refractivity contribution in [1.29, 1.82) is 0 Å². The normalized spacial score (nSPS) is 10.9. The summed E-state index contributed by atoms with van der Waals surface area (Å²) in [5.74, 6) is 0.926. The van der Waals surface area contributed by atoms with E-state index in [0.29, 0.717) is 0 Å². The van der Waals surface area contributed by atoms with Gasteiger partial charge in [-0.3, -0.25) is 4.90 Å². The van der Waals surface area contributed by atoms with Gasteiger partial charge < -0.3 is 4.74 Å². The van der Waals surface area contributed by atoms with Gasteiger partial charge in [-0.25, -0.2) is 0 Å². The average Bonchev–Trinajstić information content (AvgIpc) is 2.36. The number of ether oxygens (including phenoxy) is 1. The van der Waals surface area contributed by atoms with Gasteiger partial charge in [0, 0.05) is 11.0 Å². The Labute approximate surface area is 113 Å². The first-order chi connectivity index (χ1) is 8.21. The van der Waals surface area contributed by atoms with Crippen molar-refractivity contribution in [2.75, 3.05) is 20.2 Å². The highest BCUT2D eigenvalue weighted by atomic mass is 79.9. The molecule has 0 aliphatic carbocycles. The monoisotopic (exact) mass is 299 g/mol. The fourth-order valence-corrected chi connectivity index (χ4v) is 2.14. The molecule has 0 aliphatic rings. The molecule has 1 rings (SSSR count). The maximum atomic E-state index is 5.27. The molecule has 1 aromatic rings. The Morgan fingerprint density at radius 3 is 2.65 bits per heavy atom. The molecule has 0 bridgehead atoms. The van der Waals surface area contributed by atoms with E-state index in [9.17, 15) is 0 Å². The van der Waals surface area contributed by atoms with Crippen LogP contribution in [0.5, 0.6) is 5.75 Å². The summed E-state index contributed by atoms with van der Waals surface area (Å²) in [4.78, 5) is 2.46. The zero-order valence-corrected chi connectivity index (χ0v) is 12.6. The smallest absolute Gasteiger partial charge is 0.119 e. The molecule has 0 atom stereocenters. The molecule has 3 heteroatoms. The quantitative estimate of drug-likeness (QED) is 0.752.